The average molecular weight is 529 g/mol. The van der Waals surface area contributed by atoms with Gasteiger partial charge in [-0.15, -0.1) is 12.8 Å². The van der Waals surface area contributed by atoms with E-state index in [9.17, 15) is 19.8 Å². The first-order valence-corrected chi connectivity index (χ1v) is 13.3. The molecule has 208 valence electrons. The predicted octanol–water partition coefficient (Wildman–Crippen LogP) is 4.25. The number of terminal acetylenes is 2. The Balaban J connectivity index is 0.000000211. The van der Waals surface area contributed by atoms with Gasteiger partial charge < -0.3 is 29.2 Å². The lowest BCUT2D eigenvalue weighted by Crippen LogP contribution is -2.40. The third-order valence-corrected chi connectivity index (χ3v) is 7.45. The Hall–Kier alpha value is -2.94. The number of carbonyl (C=O) groups is 2. The fourth-order valence-electron chi connectivity index (χ4n) is 5.68. The van der Waals surface area contributed by atoms with Crippen LogP contribution in [0.1, 0.15) is 91.9 Å². The summed E-state index contributed by atoms with van der Waals surface area (Å²) in [5.74, 6) is 2.99. The molecule has 2 unspecified atom stereocenters. The highest BCUT2D eigenvalue weighted by Crippen LogP contribution is 2.40. The number of aliphatic hydroxyl groups is 2. The van der Waals surface area contributed by atoms with Crippen molar-refractivity contribution >= 4 is 11.9 Å². The second-order valence-electron chi connectivity index (χ2n) is 11.5. The molecule has 4 aliphatic rings. The molecule has 2 saturated carbocycles. The largest absolute Gasteiger partial charge is 0.457 e. The number of rotatable bonds is 6. The third kappa shape index (κ3) is 7.56. The van der Waals surface area contributed by atoms with Crippen LogP contribution in [0.3, 0.4) is 0 Å². The highest BCUT2D eigenvalue weighted by Gasteiger charge is 2.42. The van der Waals surface area contributed by atoms with Crippen LogP contribution < -0.4 is 0 Å². The van der Waals surface area contributed by atoms with Gasteiger partial charge in [0.15, 0.2) is 0 Å². The van der Waals surface area contributed by atoms with E-state index in [1.54, 1.807) is 27.7 Å². The first-order valence-electron chi connectivity index (χ1n) is 13.3. The molecule has 4 rings (SSSR count). The van der Waals surface area contributed by atoms with E-state index in [4.69, 9.17) is 31.8 Å². The van der Waals surface area contributed by atoms with Gasteiger partial charge in [-0.25, -0.2) is 9.59 Å². The summed E-state index contributed by atoms with van der Waals surface area (Å²) >= 11 is 0. The minimum absolute atomic E-state index is 0.0723. The summed E-state index contributed by atoms with van der Waals surface area (Å²) in [4.78, 5) is 22.9. The fraction of sp³-hybridized carbons (Fsp3) is 0.667. The molecular weight excluding hydrogens is 488 g/mol. The highest BCUT2D eigenvalue weighted by atomic mass is 16.7. The van der Waals surface area contributed by atoms with Gasteiger partial charge in [0, 0.05) is 40.5 Å². The Labute approximate surface area is 225 Å². The molecule has 8 heteroatoms. The Kier molecular flexibility index (Phi) is 8.91. The van der Waals surface area contributed by atoms with Crippen molar-refractivity contribution in [1.82, 2.24) is 0 Å². The number of hydrogen-bond acceptors (Lipinski definition) is 8. The molecule has 2 aliphatic heterocycles. The molecule has 0 amide bonds. The number of cyclic esters (lactones) is 2. The van der Waals surface area contributed by atoms with Crippen LogP contribution in [0.15, 0.2) is 23.7 Å². The summed E-state index contributed by atoms with van der Waals surface area (Å²) in [6.45, 7) is 6.62. The van der Waals surface area contributed by atoms with Gasteiger partial charge in [0.05, 0.1) is 12.2 Å². The lowest BCUT2D eigenvalue weighted by Gasteiger charge is -2.35. The summed E-state index contributed by atoms with van der Waals surface area (Å²) in [5, 5.41) is 21.2. The van der Waals surface area contributed by atoms with Crippen LogP contribution in [0, 0.1) is 36.5 Å². The van der Waals surface area contributed by atoms with Crippen molar-refractivity contribution in [3.05, 3.63) is 23.7 Å². The highest BCUT2D eigenvalue weighted by molar-refractivity contribution is 5.83. The van der Waals surface area contributed by atoms with E-state index < -0.39 is 34.7 Å². The molecule has 0 saturated heterocycles. The van der Waals surface area contributed by atoms with Crippen molar-refractivity contribution in [1.29, 1.82) is 0 Å². The summed E-state index contributed by atoms with van der Waals surface area (Å²) in [6, 6.07) is 0. The van der Waals surface area contributed by atoms with Gasteiger partial charge >= 0.3 is 11.9 Å². The van der Waals surface area contributed by atoms with Gasteiger partial charge in [-0.3, -0.25) is 0 Å². The van der Waals surface area contributed by atoms with Gasteiger partial charge in [-0.05, 0) is 37.5 Å². The normalized spacial score (nSPS) is 25.8. The van der Waals surface area contributed by atoms with Crippen LogP contribution in [0.4, 0.5) is 0 Å². The first-order chi connectivity index (χ1) is 17.7. The number of hydrogen-bond donors (Lipinski definition) is 2. The molecule has 2 heterocycles. The van der Waals surface area contributed by atoms with E-state index >= 15 is 0 Å². The first kappa shape index (κ1) is 29.6. The van der Waals surface area contributed by atoms with Crippen molar-refractivity contribution in [2.45, 2.75) is 115 Å². The molecule has 8 nitrogen and oxygen atoms in total. The molecule has 38 heavy (non-hydrogen) atoms. The monoisotopic (exact) mass is 528 g/mol. The minimum atomic E-state index is -1.24. The molecule has 0 spiro atoms. The molecule has 0 bridgehead atoms. The molecule has 0 aromatic rings. The lowest BCUT2D eigenvalue weighted by molar-refractivity contribution is -0.209. The zero-order valence-electron chi connectivity index (χ0n) is 22.9. The Morgan fingerprint density at radius 3 is 1.32 bits per heavy atom. The van der Waals surface area contributed by atoms with Gasteiger partial charge in [0.2, 0.25) is 11.6 Å². The maximum atomic E-state index is 11.5. The van der Waals surface area contributed by atoms with E-state index in [2.05, 4.69) is 11.8 Å². The zero-order chi connectivity index (χ0) is 28.2. The quantitative estimate of drug-likeness (QED) is 0.389. The lowest BCUT2D eigenvalue weighted by atomic mass is 9.83. The van der Waals surface area contributed by atoms with Crippen LogP contribution in [0.25, 0.3) is 0 Å². The van der Waals surface area contributed by atoms with Crippen molar-refractivity contribution in [3.63, 3.8) is 0 Å². The molecule has 2 N–H and O–H groups in total. The SMILES string of the molecule is C#CC(O)(CC1=CC(=O)OC(C)(C)O1)C1CCCC1.C#CC(O)(CC1=CC(=O)OC(C)(C)O1)C1CCCC1. The molecular formula is C30H40O8. The molecule has 2 aliphatic carbocycles. The molecule has 0 radical (unpaired) electrons. The fourth-order valence-corrected chi connectivity index (χ4v) is 5.68. The summed E-state index contributed by atoms with van der Waals surface area (Å²) in [6.07, 6.45) is 21.9. The van der Waals surface area contributed by atoms with Crippen LogP contribution in [0.5, 0.6) is 0 Å². The second-order valence-corrected chi connectivity index (χ2v) is 11.5. The van der Waals surface area contributed by atoms with Gasteiger partial charge in [-0.2, -0.15) is 0 Å². The molecule has 0 aromatic heterocycles. The van der Waals surface area contributed by atoms with E-state index in [0.717, 1.165) is 51.4 Å². The topological polar surface area (TPSA) is 112 Å². The van der Waals surface area contributed by atoms with E-state index in [-0.39, 0.29) is 24.7 Å². The number of ether oxygens (including phenoxy) is 4. The van der Waals surface area contributed by atoms with E-state index in [1.165, 1.54) is 12.2 Å². The van der Waals surface area contributed by atoms with E-state index in [1.807, 2.05) is 0 Å². The molecule has 2 fully saturated rings. The predicted molar refractivity (Wildman–Crippen MR) is 139 cm³/mol. The minimum Gasteiger partial charge on any atom is -0.457 e. The maximum absolute atomic E-state index is 11.5. The van der Waals surface area contributed by atoms with Crippen LogP contribution in [-0.4, -0.2) is 44.9 Å². The third-order valence-electron chi connectivity index (χ3n) is 7.45. The average Bonchev–Trinajstić information content (AvgIpc) is 3.51. The van der Waals surface area contributed by atoms with Crippen LogP contribution in [0.2, 0.25) is 0 Å². The maximum Gasteiger partial charge on any atom is 0.337 e. The van der Waals surface area contributed by atoms with Crippen molar-refractivity contribution in [2.75, 3.05) is 0 Å². The smallest absolute Gasteiger partial charge is 0.337 e. The van der Waals surface area contributed by atoms with Crippen molar-refractivity contribution in [3.8, 4) is 24.7 Å². The van der Waals surface area contributed by atoms with Gasteiger partial charge in [0.25, 0.3) is 0 Å². The second kappa shape index (κ2) is 11.4. The standard InChI is InChI=1S/2C15H20O4/c2*1-4-15(17,11-7-5-6-8-11)10-12-9-13(16)19-14(2,3)18-12/h2*1,9,11,17H,5-8,10H2,2-3H3. The zero-order valence-corrected chi connectivity index (χ0v) is 22.9. The summed E-state index contributed by atoms with van der Waals surface area (Å²) in [7, 11) is 0. The summed E-state index contributed by atoms with van der Waals surface area (Å²) < 4.78 is 21.1. The summed E-state index contributed by atoms with van der Waals surface area (Å²) in [5.41, 5.74) is -2.48. The molecule has 2 atom stereocenters. The Bertz CT molecular complexity index is 959. The van der Waals surface area contributed by atoms with Crippen molar-refractivity contribution in [2.24, 2.45) is 11.8 Å². The number of carbonyl (C=O) groups excluding carboxylic acids is 2. The van der Waals surface area contributed by atoms with Crippen molar-refractivity contribution < 1.29 is 38.7 Å². The van der Waals surface area contributed by atoms with Gasteiger partial charge in [0.1, 0.15) is 22.7 Å². The van der Waals surface area contributed by atoms with Crippen LogP contribution in [-0.2, 0) is 28.5 Å². The Morgan fingerprint density at radius 1 is 0.737 bits per heavy atom. The number of esters is 2. The Morgan fingerprint density at radius 2 is 1.05 bits per heavy atom. The molecule has 0 aromatic carbocycles. The van der Waals surface area contributed by atoms with Crippen LogP contribution >= 0.6 is 0 Å². The van der Waals surface area contributed by atoms with Gasteiger partial charge in [-0.1, -0.05) is 37.5 Å². The van der Waals surface area contributed by atoms with E-state index in [0.29, 0.717) is 11.5 Å².